The van der Waals surface area contributed by atoms with Gasteiger partial charge in [-0.25, -0.2) is 0 Å². The van der Waals surface area contributed by atoms with Crippen LogP contribution < -0.4 is 0 Å². The van der Waals surface area contributed by atoms with E-state index in [0.29, 0.717) is 6.42 Å². The summed E-state index contributed by atoms with van der Waals surface area (Å²) in [5.41, 5.74) is 2.23. The molecule has 0 saturated heterocycles. The third-order valence-corrected chi connectivity index (χ3v) is 2.50. The van der Waals surface area contributed by atoms with Gasteiger partial charge in [-0.3, -0.25) is 4.79 Å². The third kappa shape index (κ3) is 4.94. The lowest BCUT2D eigenvalue weighted by Crippen LogP contribution is -2.01. The van der Waals surface area contributed by atoms with Crippen LogP contribution in [0.3, 0.4) is 0 Å². The van der Waals surface area contributed by atoms with E-state index >= 15 is 0 Å². The van der Waals surface area contributed by atoms with Gasteiger partial charge in [0, 0.05) is 6.42 Å². The van der Waals surface area contributed by atoms with Crippen molar-refractivity contribution in [2.75, 3.05) is 0 Å². The molecule has 0 aliphatic heterocycles. The Kier molecular flexibility index (Phi) is 4.99. The van der Waals surface area contributed by atoms with Crippen LogP contribution in [0.2, 0.25) is 0 Å². The number of carboxylic acids is 1. The van der Waals surface area contributed by atoms with Crippen LogP contribution in [0.15, 0.2) is 24.3 Å². The lowest BCUT2D eigenvalue weighted by molar-refractivity contribution is -0.136. The molecular formula is C13H18O3. The van der Waals surface area contributed by atoms with E-state index in [9.17, 15) is 4.79 Å². The Labute approximate surface area is 95.7 Å². The number of rotatable bonds is 6. The Morgan fingerprint density at radius 3 is 2.12 bits per heavy atom. The average molecular weight is 222 g/mol. The van der Waals surface area contributed by atoms with Gasteiger partial charge in [-0.05, 0) is 37.3 Å². The van der Waals surface area contributed by atoms with Gasteiger partial charge in [0.1, 0.15) is 0 Å². The molecular weight excluding hydrogens is 204 g/mol. The molecule has 0 aromatic heterocycles. The van der Waals surface area contributed by atoms with Gasteiger partial charge in [-0.1, -0.05) is 24.3 Å². The summed E-state index contributed by atoms with van der Waals surface area (Å²) in [5, 5.41) is 17.7. The topological polar surface area (TPSA) is 57.5 Å². The van der Waals surface area contributed by atoms with Gasteiger partial charge in [-0.15, -0.1) is 0 Å². The Hall–Kier alpha value is -1.35. The molecule has 0 aliphatic rings. The van der Waals surface area contributed by atoms with Crippen LogP contribution in [0.25, 0.3) is 0 Å². The summed E-state index contributed by atoms with van der Waals surface area (Å²) in [6, 6.07) is 7.92. The Morgan fingerprint density at radius 2 is 1.69 bits per heavy atom. The Bertz CT molecular complexity index is 328. The second kappa shape index (κ2) is 6.28. The number of carbonyl (C=O) groups is 1. The van der Waals surface area contributed by atoms with Gasteiger partial charge in [0.15, 0.2) is 0 Å². The van der Waals surface area contributed by atoms with Crippen LogP contribution in [-0.4, -0.2) is 22.3 Å². The molecule has 2 N–H and O–H groups in total. The molecule has 1 aromatic carbocycles. The minimum atomic E-state index is -0.766. The van der Waals surface area contributed by atoms with Gasteiger partial charge >= 0.3 is 5.97 Å². The fourth-order valence-corrected chi connectivity index (χ4v) is 1.50. The predicted molar refractivity (Wildman–Crippen MR) is 62.4 cm³/mol. The van der Waals surface area contributed by atoms with Crippen LogP contribution in [0, 0.1) is 0 Å². The molecule has 1 atom stereocenters. The van der Waals surface area contributed by atoms with Crippen molar-refractivity contribution in [2.24, 2.45) is 0 Å². The number of aryl methyl sites for hydroxylation is 2. The molecule has 88 valence electrons. The first kappa shape index (κ1) is 12.7. The highest BCUT2D eigenvalue weighted by molar-refractivity contribution is 5.67. The molecule has 0 heterocycles. The number of aliphatic carboxylic acids is 1. The molecule has 0 radical (unpaired) electrons. The normalized spacial score (nSPS) is 12.4. The van der Waals surface area contributed by atoms with E-state index in [1.54, 1.807) is 6.92 Å². The summed E-state index contributed by atoms with van der Waals surface area (Å²) in [5.74, 6) is -0.766. The average Bonchev–Trinajstić information content (AvgIpc) is 2.25. The first-order valence-electron chi connectivity index (χ1n) is 5.55. The van der Waals surface area contributed by atoms with Crippen LogP contribution in [0.4, 0.5) is 0 Å². The lowest BCUT2D eigenvalue weighted by Gasteiger charge is -2.05. The highest BCUT2D eigenvalue weighted by Crippen LogP contribution is 2.09. The largest absolute Gasteiger partial charge is 0.481 e. The molecule has 1 rings (SSSR count). The number of hydrogen-bond donors (Lipinski definition) is 2. The van der Waals surface area contributed by atoms with Crippen molar-refractivity contribution in [1.29, 1.82) is 0 Å². The van der Waals surface area contributed by atoms with E-state index in [-0.39, 0.29) is 12.5 Å². The fraction of sp³-hybridized carbons (Fsp3) is 0.462. The zero-order valence-electron chi connectivity index (χ0n) is 9.52. The smallest absolute Gasteiger partial charge is 0.303 e. The first-order chi connectivity index (χ1) is 7.58. The minimum absolute atomic E-state index is 0.174. The van der Waals surface area contributed by atoms with E-state index in [1.165, 1.54) is 5.56 Å². The summed E-state index contributed by atoms with van der Waals surface area (Å²) < 4.78 is 0. The first-order valence-corrected chi connectivity index (χ1v) is 5.55. The van der Waals surface area contributed by atoms with Crippen molar-refractivity contribution in [3.05, 3.63) is 35.4 Å². The number of benzene rings is 1. The van der Waals surface area contributed by atoms with E-state index in [0.717, 1.165) is 18.4 Å². The summed E-state index contributed by atoms with van der Waals surface area (Å²) in [6.45, 7) is 1.78. The molecule has 0 fully saturated rings. The molecule has 0 saturated carbocycles. The molecule has 1 aromatic rings. The van der Waals surface area contributed by atoms with Gasteiger partial charge in [0.2, 0.25) is 0 Å². The van der Waals surface area contributed by atoms with Gasteiger partial charge in [0.25, 0.3) is 0 Å². The maximum Gasteiger partial charge on any atom is 0.303 e. The van der Waals surface area contributed by atoms with Crippen molar-refractivity contribution >= 4 is 5.97 Å². The minimum Gasteiger partial charge on any atom is -0.481 e. The highest BCUT2D eigenvalue weighted by atomic mass is 16.4. The monoisotopic (exact) mass is 222 g/mol. The van der Waals surface area contributed by atoms with Crippen molar-refractivity contribution in [1.82, 2.24) is 0 Å². The van der Waals surface area contributed by atoms with Crippen molar-refractivity contribution in [2.45, 2.75) is 38.7 Å². The van der Waals surface area contributed by atoms with Crippen molar-refractivity contribution < 1.29 is 15.0 Å². The van der Waals surface area contributed by atoms with E-state index < -0.39 is 5.97 Å². The van der Waals surface area contributed by atoms with Gasteiger partial charge < -0.3 is 10.2 Å². The second-order valence-electron chi connectivity index (χ2n) is 4.10. The quantitative estimate of drug-likeness (QED) is 0.774. The Morgan fingerprint density at radius 1 is 1.19 bits per heavy atom. The highest BCUT2D eigenvalue weighted by Gasteiger charge is 2.00. The van der Waals surface area contributed by atoms with Gasteiger partial charge in [-0.2, -0.15) is 0 Å². The molecule has 0 aliphatic carbocycles. The van der Waals surface area contributed by atoms with Crippen molar-refractivity contribution in [3.63, 3.8) is 0 Å². The molecule has 3 nitrogen and oxygen atoms in total. The molecule has 0 amide bonds. The van der Waals surface area contributed by atoms with Crippen LogP contribution in [0.5, 0.6) is 0 Å². The number of carboxylic acid groups (broad SMARTS) is 1. The zero-order valence-corrected chi connectivity index (χ0v) is 9.52. The van der Waals surface area contributed by atoms with Crippen LogP contribution >= 0.6 is 0 Å². The van der Waals surface area contributed by atoms with Crippen LogP contribution in [0.1, 0.15) is 30.9 Å². The maximum atomic E-state index is 10.4. The maximum absolute atomic E-state index is 10.4. The lowest BCUT2D eigenvalue weighted by atomic mass is 10.0. The van der Waals surface area contributed by atoms with E-state index in [4.69, 9.17) is 10.2 Å². The molecule has 1 unspecified atom stereocenters. The molecule has 0 bridgehead atoms. The third-order valence-electron chi connectivity index (χ3n) is 2.50. The number of hydrogen-bond acceptors (Lipinski definition) is 2. The number of aliphatic hydroxyl groups is 1. The SMILES string of the molecule is CC(O)CCc1ccc(CCC(=O)O)cc1. The fourth-order valence-electron chi connectivity index (χ4n) is 1.50. The molecule has 3 heteroatoms. The summed E-state index contributed by atoms with van der Waals surface area (Å²) in [7, 11) is 0. The molecule has 16 heavy (non-hydrogen) atoms. The van der Waals surface area contributed by atoms with Gasteiger partial charge in [0.05, 0.1) is 6.10 Å². The van der Waals surface area contributed by atoms with E-state index in [1.807, 2.05) is 24.3 Å². The number of aliphatic hydroxyl groups excluding tert-OH is 1. The predicted octanol–water partition coefficient (Wildman–Crippen LogP) is 2.02. The standard InChI is InChI=1S/C13H18O3/c1-10(14)2-3-11-4-6-12(7-5-11)8-9-13(15)16/h4-7,10,14H,2-3,8-9H2,1H3,(H,15,16). The van der Waals surface area contributed by atoms with Crippen LogP contribution in [-0.2, 0) is 17.6 Å². The summed E-state index contributed by atoms with van der Waals surface area (Å²) in [6.07, 6.45) is 2.09. The molecule has 0 spiro atoms. The Balaban J connectivity index is 2.44. The summed E-state index contributed by atoms with van der Waals surface area (Å²) >= 11 is 0. The van der Waals surface area contributed by atoms with Crippen molar-refractivity contribution in [3.8, 4) is 0 Å². The van der Waals surface area contributed by atoms with E-state index in [2.05, 4.69) is 0 Å². The second-order valence-corrected chi connectivity index (χ2v) is 4.10. The summed E-state index contributed by atoms with van der Waals surface area (Å²) in [4.78, 5) is 10.4. The zero-order chi connectivity index (χ0) is 12.0.